The number of aryl methyl sites for hydroxylation is 1. The average molecular weight is 392 g/mol. The van der Waals surface area contributed by atoms with E-state index in [0.717, 1.165) is 11.8 Å². The molecule has 0 spiro atoms. The van der Waals surface area contributed by atoms with Gasteiger partial charge in [-0.05, 0) is 35.8 Å². The molecule has 3 heterocycles. The van der Waals surface area contributed by atoms with Crippen LogP contribution in [0.25, 0.3) is 11.2 Å². The van der Waals surface area contributed by atoms with E-state index in [4.69, 9.17) is 4.52 Å². The Labute approximate surface area is 168 Å². The van der Waals surface area contributed by atoms with Crippen molar-refractivity contribution in [2.75, 3.05) is 0 Å². The van der Waals surface area contributed by atoms with Crippen LogP contribution in [0.15, 0.2) is 52.6 Å². The minimum absolute atomic E-state index is 0.187. The van der Waals surface area contributed by atoms with E-state index in [0.29, 0.717) is 17.1 Å². The van der Waals surface area contributed by atoms with Gasteiger partial charge in [0, 0.05) is 7.05 Å². The second kappa shape index (κ2) is 7.98. The van der Waals surface area contributed by atoms with Crippen LogP contribution in [0.2, 0.25) is 0 Å². The molecular weight excluding hydrogens is 368 g/mol. The first-order valence-electron chi connectivity index (χ1n) is 9.90. The zero-order chi connectivity index (χ0) is 20.4. The van der Waals surface area contributed by atoms with E-state index in [9.17, 15) is 4.79 Å². The van der Waals surface area contributed by atoms with Crippen LogP contribution in [0.5, 0.6) is 0 Å². The zero-order valence-corrected chi connectivity index (χ0v) is 16.8. The SMILES string of the molecule is CC.Cn1cnc2ncn(Cc3ncno3)c(=O)c21.c1ccc2c(c1)C[C@@H]1CC21. The van der Waals surface area contributed by atoms with Crippen LogP contribution in [0, 0.1) is 5.92 Å². The molecule has 2 aliphatic carbocycles. The number of benzene rings is 1. The first-order valence-corrected chi connectivity index (χ1v) is 9.90. The smallest absolute Gasteiger partial charge is 0.280 e. The van der Waals surface area contributed by atoms with Crippen molar-refractivity contribution in [3.63, 3.8) is 0 Å². The number of aromatic nitrogens is 6. The summed E-state index contributed by atoms with van der Waals surface area (Å²) in [7, 11) is 1.75. The number of hydrogen-bond donors (Lipinski definition) is 0. The summed E-state index contributed by atoms with van der Waals surface area (Å²) in [5.41, 5.74) is 3.95. The third-order valence-electron chi connectivity index (χ3n) is 5.27. The maximum absolute atomic E-state index is 12.1. The van der Waals surface area contributed by atoms with Crippen molar-refractivity contribution < 1.29 is 4.52 Å². The van der Waals surface area contributed by atoms with Crippen molar-refractivity contribution in [1.82, 2.24) is 29.2 Å². The minimum atomic E-state index is -0.187. The molecule has 0 saturated heterocycles. The van der Waals surface area contributed by atoms with Crippen LogP contribution in [-0.2, 0) is 20.0 Å². The Morgan fingerprint density at radius 3 is 2.69 bits per heavy atom. The second-order valence-corrected chi connectivity index (χ2v) is 7.05. The Kier molecular flexibility index (Phi) is 5.24. The molecule has 1 unspecified atom stereocenters. The van der Waals surface area contributed by atoms with Gasteiger partial charge in [-0.25, -0.2) is 9.97 Å². The number of fused-ring (bicyclic) bond motifs is 4. The van der Waals surface area contributed by atoms with E-state index in [-0.39, 0.29) is 12.1 Å². The highest BCUT2D eigenvalue weighted by atomic mass is 16.5. The summed E-state index contributed by atoms with van der Waals surface area (Å²) >= 11 is 0. The molecule has 0 amide bonds. The van der Waals surface area contributed by atoms with Gasteiger partial charge in [-0.15, -0.1) is 0 Å². The van der Waals surface area contributed by atoms with Gasteiger partial charge in [-0.3, -0.25) is 9.36 Å². The molecule has 1 aromatic carbocycles. The molecule has 8 nitrogen and oxygen atoms in total. The van der Waals surface area contributed by atoms with Gasteiger partial charge >= 0.3 is 0 Å². The predicted octanol–water partition coefficient (Wildman–Crippen LogP) is 2.93. The van der Waals surface area contributed by atoms with Crippen LogP contribution in [0.1, 0.15) is 43.2 Å². The highest BCUT2D eigenvalue weighted by Gasteiger charge is 2.44. The molecule has 150 valence electrons. The molecule has 6 rings (SSSR count). The Morgan fingerprint density at radius 1 is 1.14 bits per heavy atom. The van der Waals surface area contributed by atoms with Crippen molar-refractivity contribution in [3.8, 4) is 0 Å². The molecule has 1 saturated carbocycles. The minimum Gasteiger partial charge on any atom is -0.338 e. The third-order valence-corrected chi connectivity index (χ3v) is 5.27. The molecule has 2 aliphatic rings. The van der Waals surface area contributed by atoms with E-state index < -0.39 is 0 Å². The van der Waals surface area contributed by atoms with Crippen LogP contribution in [0.4, 0.5) is 0 Å². The molecule has 3 aromatic heterocycles. The molecule has 0 radical (unpaired) electrons. The number of hydrogen-bond acceptors (Lipinski definition) is 6. The first-order chi connectivity index (χ1) is 14.2. The largest absolute Gasteiger partial charge is 0.338 e. The van der Waals surface area contributed by atoms with Crippen LogP contribution < -0.4 is 5.56 Å². The summed E-state index contributed by atoms with van der Waals surface area (Å²) in [4.78, 5) is 24.1. The maximum Gasteiger partial charge on any atom is 0.280 e. The van der Waals surface area contributed by atoms with Crippen LogP contribution >= 0.6 is 0 Å². The fourth-order valence-electron chi connectivity index (χ4n) is 3.81. The highest BCUT2D eigenvalue weighted by molar-refractivity contribution is 5.68. The van der Waals surface area contributed by atoms with Gasteiger partial charge in [-0.2, -0.15) is 4.98 Å². The van der Waals surface area contributed by atoms with Crippen LogP contribution in [0.3, 0.4) is 0 Å². The molecule has 0 aliphatic heterocycles. The molecule has 4 aromatic rings. The second-order valence-electron chi connectivity index (χ2n) is 7.05. The van der Waals surface area contributed by atoms with Gasteiger partial charge < -0.3 is 9.09 Å². The molecule has 29 heavy (non-hydrogen) atoms. The van der Waals surface area contributed by atoms with Gasteiger partial charge in [0.05, 0.1) is 6.33 Å². The lowest BCUT2D eigenvalue weighted by Crippen LogP contribution is -2.22. The van der Waals surface area contributed by atoms with Crippen molar-refractivity contribution in [2.45, 2.75) is 39.2 Å². The van der Waals surface area contributed by atoms with E-state index >= 15 is 0 Å². The number of nitrogens with zero attached hydrogens (tertiary/aromatic N) is 6. The lowest BCUT2D eigenvalue weighted by molar-refractivity contribution is 0.368. The predicted molar refractivity (Wildman–Crippen MR) is 109 cm³/mol. The quantitative estimate of drug-likeness (QED) is 0.521. The molecule has 2 atom stereocenters. The van der Waals surface area contributed by atoms with Gasteiger partial charge in [0.25, 0.3) is 5.56 Å². The van der Waals surface area contributed by atoms with Gasteiger partial charge in [0.15, 0.2) is 17.5 Å². The van der Waals surface area contributed by atoms with E-state index in [2.05, 4.69) is 44.4 Å². The lowest BCUT2D eigenvalue weighted by Gasteiger charge is -2.01. The standard InChI is InChI=1S/C10H10.C9H8N6O2.C2H6/c1-2-4-9-7(3-1)5-8-6-10(8)9;1-14-4-11-8-7(14)9(16)15(5-12-8)2-6-10-3-13-17-6;1-2/h1-4,8,10H,5-6H2;3-5H,2H2,1H3;1-2H3/t8-,10?;;/m1../s1. The summed E-state index contributed by atoms with van der Waals surface area (Å²) < 4.78 is 7.88. The van der Waals surface area contributed by atoms with Crippen molar-refractivity contribution >= 4 is 11.2 Å². The first kappa shape index (κ1) is 19.0. The van der Waals surface area contributed by atoms with Crippen LogP contribution in [-0.4, -0.2) is 29.2 Å². The summed E-state index contributed by atoms with van der Waals surface area (Å²) in [6.07, 6.45) is 7.09. The monoisotopic (exact) mass is 392 g/mol. The van der Waals surface area contributed by atoms with Crippen molar-refractivity contribution in [2.24, 2.45) is 13.0 Å². The Morgan fingerprint density at radius 2 is 1.93 bits per heavy atom. The average Bonchev–Trinajstić information content (AvgIpc) is 3.10. The van der Waals surface area contributed by atoms with Crippen molar-refractivity contribution in [1.29, 1.82) is 0 Å². The van der Waals surface area contributed by atoms with E-state index in [1.165, 1.54) is 30.1 Å². The molecule has 0 bridgehead atoms. The summed E-state index contributed by atoms with van der Waals surface area (Å²) in [6, 6.07) is 8.90. The summed E-state index contributed by atoms with van der Waals surface area (Å²) in [6.45, 7) is 4.20. The summed E-state index contributed by atoms with van der Waals surface area (Å²) in [5.74, 6) is 2.36. The maximum atomic E-state index is 12.1. The molecule has 0 N–H and O–H groups in total. The lowest BCUT2D eigenvalue weighted by atomic mass is 10.1. The van der Waals surface area contributed by atoms with Crippen molar-refractivity contribution in [3.05, 3.63) is 70.6 Å². The highest BCUT2D eigenvalue weighted by Crippen LogP contribution is 2.55. The van der Waals surface area contributed by atoms with E-state index in [1.54, 1.807) is 29.1 Å². The fraction of sp³-hybridized carbons (Fsp3) is 0.381. The Balaban J connectivity index is 0.000000144. The topological polar surface area (TPSA) is 91.6 Å². The Hall–Kier alpha value is -3.29. The number of imidazole rings is 1. The molecular formula is C21H24N6O2. The van der Waals surface area contributed by atoms with Gasteiger partial charge in [0.1, 0.15) is 12.9 Å². The summed E-state index contributed by atoms with van der Waals surface area (Å²) in [5, 5.41) is 3.48. The number of rotatable bonds is 2. The fourth-order valence-corrected chi connectivity index (χ4v) is 3.81. The van der Waals surface area contributed by atoms with Gasteiger partial charge in [-0.1, -0.05) is 43.3 Å². The zero-order valence-electron chi connectivity index (χ0n) is 16.8. The molecule has 1 fully saturated rings. The van der Waals surface area contributed by atoms with E-state index in [1.807, 2.05) is 13.8 Å². The third kappa shape index (κ3) is 3.70. The van der Waals surface area contributed by atoms with Gasteiger partial charge in [0.2, 0.25) is 5.89 Å². The Bertz CT molecular complexity index is 1160. The normalized spacial score (nSPS) is 18.2. The molecule has 8 heteroatoms.